The van der Waals surface area contributed by atoms with E-state index in [-0.39, 0.29) is 75.7 Å². The second-order valence-corrected chi connectivity index (χ2v) is 28.0. The second-order valence-electron chi connectivity index (χ2n) is 28.0. The third-order valence-electron chi connectivity index (χ3n) is 19.1. The number of unbranched alkanes of at least 4 members (excludes halogenated alkanes) is 26. The number of urea groups is 2. The molecule has 3 unspecified atom stereocenters. The topological polar surface area (TPSA) is 238 Å². The average molecular weight is 1460 g/mol. The van der Waals surface area contributed by atoms with Crippen LogP contribution in [0.5, 0.6) is 0 Å². The third-order valence-corrected chi connectivity index (χ3v) is 19.1. The molecule has 18 nitrogen and oxygen atoms in total. The van der Waals surface area contributed by atoms with E-state index >= 15 is 0 Å². The van der Waals surface area contributed by atoms with E-state index in [4.69, 9.17) is 14.6 Å². The molecular weight excluding hydrogens is 1330 g/mol. The largest absolute Gasteiger partial charge is 0.466 e. The molecule has 2 aliphatic heterocycles. The van der Waals surface area contributed by atoms with Crippen molar-refractivity contribution in [3.8, 4) is 0 Å². The van der Waals surface area contributed by atoms with E-state index in [9.17, 15) is 48.4 Å². The molecule has 2 aliphatic rings. The zero-order valence-corrected chi connectivity index (χ0v) is 64.5. The number of nitrogens with zero attached hydrogens (tertiary/aromatic N) is 4. The fourth-order valence-electron chi connectivity index (χ4n) is 12.8. The second kappa shape index (κ2) is 57.0. The number of nitrogens with one attached hydrogen (secondary N) is 1. The van der Waals surface area contributed by atoms with Crippen LogP contribution < -0.4 is 10.2 Å². The van der Waals surface area contributed by atoms with Crippen molar-refractivity contribution in [2.75, 3.05) is 37.8 Å². The Morgan fingerprint density at radius 3 is 1.21 bits per heavy atom. The molecule has 0 bridgehead atoms. The molecule has 8 amide bonds. The van der Waals surface area contributed by atoms with Crippen LogP contribution in [-0.2, 0) is 62.5 Å². The van der Waals surface area contributed by atoms with Gasteiger partial charge < -0.3 is 19.8 Å². The highest BCUT2D eigenvalue weighted by Gasteiger charge is 2.46. The number of esters is 2. The number of aliphatic hydroxyl groups excluding tert-OH is 1. The number of barbiturate groups is 2. The van der Waals surface area contributed by atoms with Crippen LogP contribution in [0.3, 0.4) is 0 Å². The van der Waals surface area contributed by atoms with Gasteiger partial charge in [-0.1, -0.05) is 347 Å². The molecule has 2 saturated heterocycles. The predicted octanol–water partition coefficient (Wildman–Crippen LogP) is 19.4. The molecule has 0 radical (unpaired) electrons. The molecule has 3 atom stereocenters. The van der Waals surface area contributed by atoms with Gasteiger partial charge in [0.25, 0.3) is 0 Å². The maximum Gasteiger partial charge on any atom is 0.338 e. The Labute approximate surface area is 634 Å². The van der Waals surface area contributed by atoms with Crippen molar-refractivity contribution in [1.29, 1.82) is 0 Å². The monoisotopic (exact) mass is 1460 g/mol. The number of hydrogen-bond acceptors (Lipinski definition) is 14. The Morgan fingerprint density at radius 1 is 0.434 bits per heavy atom. The molecule has 3 N–H and O–H groups in total. The van der Waals surface area contributed by atoms with Crippen LogP contribution in [0.1, 0.15) is 274 Å². The maximum absolute atomic E-state index is 13.2. The number of aliphatic hydroxyl groups is 1. The van der Waals surface area contributed by atoms with Crippen molar-refractivity contribution in [2.24, 2.45) is 11.8 Å². The van der Waals surface area contributed by atoms with Crippen LogP contribution in [0, 0.1) is 11.8 Å². The molecule has 0 spiro atoms. The van der Waals surface area contributed by atoms with Gasteiger partial charge in [-0.05, 0) is 66.5 Å². The summed E-state index contributed by atoms with van der Waals surface area (Å²) < 4.78 is 10.5. The summed E-state index contributed by atoms with van der Waals surface area (Å²) in [5, 5.41) is 22.2. The van der Waals surface area contributed by atoms with Crippen LogP contribution in [0.15, 0.2) is 152 Å². The number of ether oxygens (including phenoxy) is 2. The minimum atomic E-state index is -0.984. The molecular formula is C88H127N5O13. The Hall–Kier alpha value is -8.19. The number of amides is 8. The van der Waals surface area contributed by atoms with Gasteiger partial charge in [-0.25, -0.2) is 14.5 Å². The first kappa shape index (κ1) is 90.2. The number of imide groups is 4. The molecule has 5 aromatic carbocycles. The molecule has 106 heavy (non-hydrogen) atoms. The molecule has 0 saturated carbocycles. The van der Waals surface area contributed by atoms with Gasteiger partial charge in [-0.15, -0.1) is 0 Å². The molecule has 0 aromatic heterocycles. The van der Waals surface area contributed by atoms with E-state index in [2.05, 4.69) is 33.0 Å². The summed E-state index contributed by atoms with van der Waals surface area (Å²) in [6.07, 6.45) is 39.9. The smallest absolute Gasteiger partial charge is 0.338 e. The van der Waals surface area contributed by atoms with E-state index in [1.165, 1.54) is 159 Å². The normalized spacial score (nSPS) is 14.5. The van der Waals surface area contributed by atoms with Gasteiger partial charge in [0.2, 0.25) is 23.6 Å². The van der Waals surface area contributed by atoms with E-state index in [0.29, 0.717) is 24.5 Å². The molecule has 2 fully saturated rings. The molecule has 2 heterocycles. The maximum atomic E-state index is 13.2. The zero-order chi connectivity index (χ0) is 76.6. The molecule has 18 heteroatoms. The minimum Gasteiger partial charge on any atom is -0.466 e. The van der Waals surface area contributed by atoms with Gasteiger partial charge >= 0.3 is 24.0 Å². The van der Waals surface area contributed by atoms with Gasteiger partial charge in [0.1, 0.15) is 18.4 Å². The summed E-state index contributed by atoms with van der Waals surface area (Å²) in [6.45, 7) is 10.1. The van der Waals surface area contributed by atoms with E-state index in [1.807, 2.05) is 103 Å². The van der Waals surface area contributed by atoms with Crippen LogP contribution in [0.2, 0.25) is 0 Å². The summed E-state index contributed by atoms with van der Waals surface area (Å²) in [4.78, 5) is 115. The predicted molar refractivity (Wildman–Crippen MR) is 420 cm³/mol. The molecule has 582 valence electrons. The number of hydrogen-bond donors (Lipinski definition) is 3. The summed E-state index contributed by atoms with van der Waals surface area (Å²) >= 11 is 0. The van der Waals surface area contributed by atoms with Crippen molar-refractivity contribution >= 4 is 59.1 Å². The molecule has 5 aromatic rings. The van der Waals surface area contributed by atoms with Crippen LogP contribution in [-0.4, -0.2) is 111 Å². The Balaban J connectivity index is 0.000000307. The average Bonchev–Trinajstić information content (AvgIpc) is 0.768. The van der Waals surface area contributed by atoms with Gasteiger partial charge in [-0.3, -0.25) is 48.7 Å². The third kappa shape index (κ3) is 37.4. The highest BCUT2D eigenvalue weighted by Crippen LogP contribution is 2.29. The SMILES string of the molecule is CCCCCCCCC(CCCCCC)C(=O)CO.CCCCCCCCCCCCOC(=O)CCN(O)CCC(=O)OCCCCCCCCCCCC.O=C1C(Cc2ccccc2)C(=O)N(c2ccccc2)C(=O)N1Cc1ccccc1.O=C1NC(=O)N(Cc2ccccc2)C(=O)C1c1ccccc1. The number of Topliss-reactive ketones (excluding diaryl/α,β-unsaturated/α-hetero) is 1. The number of hydroxylamine groups is 2. The summed E-state index contributed by atoms with van der Waals surface area (Å²) in [7, 11) is 0. The van der Waals surface area contributed by atoms with Crippen molar-refractivity contribution in [3.63, 3.8) is 0 Å². The molecule has 7 rings (SSSR count). The van der Waals surface area contributed by atoms with E-state index < -0.39 is 47.5 Å². The van der Waals surface area contributed by atoms with Crippen LogP contribution in [0.25, 0.3) is 0 Å². The number of anilines is 1. The minimum absolute atomic E-state index is 0.0602. The van der Waals surface area contributed by atoms with Crippen molar-refractivity contribution in [3.05, 3.63) is 174 Å². The highest BCUT2D eigenvalue weighted by molar-refractivity contribution is 6.27. The van der Waals surface area contributed by atoms with Gasteiger partial charge in [0, 0.05) is 19.0 Å². The number of ketones is 1. The van der Waals surface area contributed by atoms with Crippen molar-refractivity contribution in [1.82, 2.24) is 20.2 Å². The standard InChI is InChI=1S/C30H59NO5.C24H20N2O3.C17H14N2O3.C17H34O2/c1-3-5-7-9-11-13-15-17-19-21-27-35-29(32)23-25-31(34)26-24-30(33)36-28-22-20-18-16-14-12-10-8-6-4-2;27-22-21(16-18-10-4-1-5-11-18)23(28)26(20-14-8-3-9-15-20)24(29)25(22)17-19-12-6-2-7-13-19;20-15-14(13-9-5-2-6-10-13)16(21)19(17(22)18-15)11-12-7-3-1-4-8-12;1-3-5-7-9-10-12-14-16(17(19)15-18)13-11-8-6-4-2/h34H,3-28H2,1-2H3;1-15,21H,16-17H2;1-10,14H,11H2,(H,18,20,22);16,18H,3-15H2,1-2H3. The van der Waals surface area contributed by atoms with Crippen molar-refractivity contribution < 1.29 is 62.9 Å². The van der Waals surface area contributed by atoms with E-state index in [0.717, 1.165) is 82.9 Å². The van der Waals surface area contributed by atoms with Crippen molar-refractivity contribution in [2.45, 2.75) is 271 Å². The lowest BCUT2D eigenvalue weighted by Crippen LogP contribution is -2.60. The number of carbonyl (C=O) groups excluding carboxylic acids is 9. The summed E-state index contributed by atoms with van der Waals surface area (Å²) in [6, 6.07) is 44.1. The zero-order valence-electron chi connectivity index (χ0n) is 64.5. The van der Waals surface area contributed by atoms with Gasteiger partial charge in [0.05, 0.1) is 44.8 Å². The quantitative estimate of drug-likeness (QED) is 0.0142. The highest BCUT2D eigenvalue weighted by atomic mass is 16.5. The molecule has 0 aliphatic carbocycles. The number of carbonyl (C=O) groups is 9. The summed E-state index contributed by atoms with van der Waals surface area (Å²) in [5.41, 5.74) is 3.57. The Bertz CT molecular complexity index is 3110. The van der Waals surface area contributed by atoms with Crippen LogP contribution >= 0.6 is 0 Å². The number of para-hydroxylation sites is 1. The fraction of sp³-hybridized carbons (Fsp3) is 0.557. The first-order valence-electron chi connectivity index (χ1n) is 40.1. The number of benzene rings is 5. The van der Waals surface area contributed by atoms with E-state index in [1.54, 1.807) is 48.5 Å². The lowest BCUT2D eigenvalue weighted by atomic mass is 9.91. The first-order valence-corrected chi connectivity index (χ1v) is 40.1. The first-order chi connectivity index (χ1) is 51.7. The lowest BCUT2D eigenvalue weighted by Gasteiger charge is -2.37. The number of rotatable bonds is 50. The van der Waals surface area contributed by atoms with Gasteiger partial charge in [0.15, 0.2) is 5.78 Å². The Kier molecular flexibility index (Phi) is 48.5. The van der Waals surface area contributed by atoms with Gasteiger partial charge in [-0.2, -0.15) is 5.06 Å². The Morgan fingerprint density at radius 2 is 0.792 bits per heavy atom. The fourth-order valence-corrected chi connectivity index (χ4v) is 12.8. The lowest BCUT2D eigenvalue weighted by molar-refractivity contribution is -0.152. The summed E-state index contributed by atoms with van der Waals surface area (Å²) in [5.74, 6) is -4.37. The van der Waals surface area contributed by atoms with Crippen LogP contribution in [0.4, 0.5) is 15.3 Å².